The topological polar surface area (TPSA) is 69.6 Å². The Morgan fingerprint density at radius 2 is 2.25 bits per heavy atom. The number of urea groups is 1. The molecule has 1 saturated heterocycles. The molecule has 0 aliphatic carbocycles. The normalized spacial score (nSPS) is 21.8. The van der Waals surface area contributed by atoms with Crippen LogP contribution >= 0.6 is 11.6 Å². The van der Waals surface area contributed by atoms with Crippen molar-refractivity contribution in [3.8, 4) is 0 Å². The molecule has 1 aliphatic heterocycles. The second-order valence-electron chi connectivity index (χ2n) is 4.89. The smallest absolute Gasteiger partial charge is 0.329 e. The lowest BCUT2D eigenvalue weighted by atomic mass is 9.93. The van der Waals surface area contributed by atoms with Gasteiger partial charge in [-0.3, -0.25) is 0 Å². The molecule has 2 rings (SSSR count). The van der Waals surface area contributed by atoms with Crippen LogP contribution in [0.5, 0.6) is 0 Å². The van der Waals surface area contributed by atoms with E-state index in [1.165, 1.54) is 4.90 Å². The molecule has 0 bridgehead atoms. The molecule has 2 N–H and O–H groups in total. The lowest BCUT2D eigenvalue weighted by molar-refractivity contribution is -0.148. The van der Waals surface area contributed by atoms with Crippen molar-refractivity contribution in [1.29, 1.82) is 0 Å². The third-order valence-corrected chi connectivity index (χ3v) is 4.03. The Balaban J connectivity index is 2.18. The summed E-state index contributed by atoms with van der Waals surface area (Å²) in [7, 11) is 0. The quantitative estimate of drug-likeness (QED) is 0.900. The number of anilines is 1. The van der Waals surface area contributed by atoms with Crippen LogP contribution in [0.3, 0.4) is 0 Å². The monoisotopic (exact) mass is 296 g/mol. The van der Waals surface area contributed by atoms with Crippen molar-refractivity contribution in [3.05, 3.63) is 29.3 Å². The lowest BCUT2D eigenvalue weighted by Crippen LogP contribution is -2.54. The van der Waals surface area contributed by atoms with Crippen molar-refractivity contribution in [3.63, 3.8) is 0 Å². The molecule has 1 fully saturated rings. The average Bonchev–Trinajstić information content (AvgIpc) is 2.83. The summed E-state index contributed by atoms with van der Waals surface area (Å²) < 4.78 is 0. The van der Waals surface area contributed by atoms with Crippen molar-refractivity contribution in [2.45, 2.75) is 31.7 Å². The van der Waals surface area contributed by atoms with E-state index in [1.54, 1.807) is 31.2 Å². The van der Waals surface area contributed by atoms with E-state index in [2.05, 4.69) is 5.32 Å². The second kappa shape index (κ2) is 5.71. The zero-order valence-electron chi connectivity index (χ0n) is 11.2. The van der Waals surface area contributed by atoms with E-state index < -0.39 is 17.5 Å². The summed E-state index contributed by atoms with van der Waals surface area (Å²) in [6, 6.07) is 6.39. The van der Waals surface area contributed by atoms with Crippen LogP contribution in [-0.2, 0) is 4.79 Å². The summed E-state index contributed by atoms with van der Waals surface area (Å²) >= 11 is 5.86. The fourth-order valence-electron chi connectivity index (χ4n) is 2.67. The largest absolute Gasteiger partial charge is 0.479 e. The van der Waals surface area contributed by atoms with Gasteiger partial charge in [0, 0.05) is 17.3 Å². The van der Waals surface area contributed by atoms with Gasteiger partial charge in [-0.05, 0) is 37.5 Å². The minimum Gasteiger partial charge on any atom is -0.479 e. The number of carbonyl (C=O) groups excluding carboxylic acids is 1. The Morgan fingerprint density at radius 1 is 1.50 bits per heavy atom. The van der Waals surface area contributed by atoms with Crippen LogP contribution < -0.4 is 5.32 Å². The number of aliphatic carboxylic acids is 1. The molecule has 0 aromatic heterocycles. The molecule has 0 saturated carbocycles. The van der Waals surface area contributed by atoms with Crippen LogP contribution in [0.15, 0.2) is 24.3 Å². The maximum atomic E-state index is 12.3. The number of carboxylic acid groups (broad SMARTS) is 1. The number of hydrogen-bond donors (Lipinski definition) is 2. The van der Waals surface area contributed by atoms with Crippen molar-refractivity contribution in [2.75, 3.05) is 11.9 Å². The van der Waals surface area contributed by atoms with Gasteiger partial charge in [0.15, 0.2) is 0 Å². The molecule has 20 heavy (non-hydrogen) atoms. The van der Waals surface area contributed by atoms with E-state index in [1.807, 2.05) is 0 Å². The fourth-order valence-corrected chi connectivity index (χ4v) is 2.86. The molecule has 108 valence electrons. The summed E-state index contributed by atoms with van der Waals surface area (Å²) in [5.74, 6) is -0.946. The summed E-state index contributed by atoms with van der Waals surface area (Å²) in [6.45, 7) is 2.24. The van der Waals surface area contributed by atoms with Crippen LogP contribution in [0.25, 0.3) is 0 Å². The number of nitrogens with one attached hydrogen (secondary N) is 1. The summed E-state index contributed by atoms with van der Waals surface area (Å²) in [5.41, 5.74) is -0.535. The van der Waals surface area contributed by atoms with E-state index in [0.29, 0.717) is 36.5 Å². The van der Waals surface area contributed by atoms with Gasteiger partial charge in [-0.2, -0.15) is 0 Å². The Morgan fingerprint density at radius 3 is 2.85 bits per heavy atom. The number of hydrogen-bond acceptors (Lipinski definition) is 2. The lowest BCUT2D eigenvalue weighted by Gasteiger charge is -2.33. The molecule has 1 aliphatic rings. The Hall–Kier alpha value is -1.75. The maximum Gasteiger partial charge on any atom is 0.329 e. The van der Waals surface area contributed by atoms with Crippen molar-refractivity contribution in [1.82, 2.24) is 4.90 Å². The Bertz CT molecular complexity index is 535. The van der Waals surface area contributed by atoms with Crippen LogP contribution in [-0.4, -0.2) is 34.1 Å². The highest BCUT2D eigenvalue weighted by molar-refractivity contribution is 6.30. The van der Waals surface area contributed by atoms with Gasteiger partial charge in [0.2, 0.25) is 0 Å². The minimum absolute atomic E-state index is 0.394. The summed E-state index contributed by atoms with van der Waals surface area (Å²) in [6.07, 6.45) is 1.58. The zero-order valence-corrected chi connectivity index (χ0v) is 12.0. The van der Waals surface area contributed by atoms with Gasteiger partial charge in [0.05, 0.1) is 0 Å². The number of halogens is 1. The van der Waals surface area contributed by atoms with E-state index in [-0.39, 0.29) is 0 Å². The van der Waals surface area contributed by atoms with E-state index in [9.17, 15) is 14.7 Å². The minimum atomic E-state index is -1.09. The zero-order chi connectivity index (χ0) is 14.8. The van der Waals surface area contributed by atoms with E-state index in [0.717, 1.165) is 0 Å². The molecular weight excluding hydrogens is 280 g/mol. The highest BCUT2D eigenvalue weighted by atomic mass is 35.5. The molecule has 1 aromatic rings. The molecule has 5 nitrogen and oxygen atoms in total. The van der Waals surface area contributed by atoms with Gasteiger partial charge in [-0.25, -0.2) is 9.59 Å². The maximum absolute atomic E-state index is 12.3. The number of likely N-dealkylation sites (tertiary alicyclic amines) is 1. The van der Waals surface area contributed by atoms with Gasteiger partial charge in [0.25, 0.3) is 0 Å². The SMILES string of the molecule is CCC1(C(=O)O)CCCN1C(=O)Nc1cccc(Cl)c1. The van der Waals surface area contributed by atoms with E-state index in [4.69, 9.17) is 11.6 Å². The van der Waals surface area contributed by atoms with Crippen molar-refractivity contribution in [2.24, 2.45) is 0 Å². The van der Waals surface area contributed by atoms with Crippen LogP contribution in [0, 0.1) is 0 Å². The molecule has 6 heteroatoms. The number of benzene rings is 1. The Labute approximate surface area is 122 Å². The van der Waals surface area contributed by atoms with Crippen LogP contribution in [0.4, 0.5) is 10.5 Å². The van der Waals surface area contributed by atoms with Gasteiger partial charge >= 0.3 is 12.0 Å². The first-order valence-corrected chi connectivity index (χ1v) is 6.95. The summed E-state index contributed by atoms with van der Waals surface area (Å²) in [4.78, 5) is 25.3. The molecule has 1 aromatic carbocycles. The standard InChI is InChI=1S/C14H17ClN2O3/c1-2-14(12(18)19)7-4-8-17(14)13(20)16-11-6-3-5-10(15)9-11/h3,5-6,9H,2,4,7-8H2,1H3,(H,16,20)(H,18,19). The average molecular weight is 297 g/mol. The van der Waals surface area contributed by atoms with E-state index >= 15 is 0 Å². The molecule has 1 heterocycles. The molecule has 0 spiro atoms. The third-order valence-electron chi connectivity index (χ3n) is 3.79. The van der Waals surface area contributed by atoms with Gasteiger partial charge < -0.3 is 15.3 Å². The molecule has 2 amide bonds. The highest BCUT2D eigenvalue weighted by Crippen LogP contribution is 2.33. The molecule has 1 unspecified atom stereocenters. The summed E-state index contributed by atoms with van der Waals surface area (Å²) in [5, 5.41) is 12.7. The first kappa shape index (κ1) is 14.7. The predicted octanol–water partition coefficient (Wildman–Crippen LogP) is 3.20. The van der Waals surface area contributed by atoms with Gasteiger partial charge in [-0.1, -0.05) is 24.6 Å². The number of carbonyl (C=O) groups is 2. The number of amides is 2. The van der Waals surface area contributed by atoms with Crippen molar-refractivity contribution >= 4 is 29.3 Å². The first-order valence-electron chi connectivity index (χ1n) is 6.57. The third kappa shape index (κ3) is 2.58. The Kier molecular flexibility index (Phi) is 4.18. The van der Waals surface area contributed by atoms with Crippen LogP contribution in [0.1, 0.15) is 26.2 Å². The second-order valence-corrected chi connectivity index (χ2v) is 5.32. The van der Waals surface area contributed by atoms with Crippen molar-refractivity contribution < 1.29 is 14.7 Å². The number of nitrogens with zero attached hydrogens (tertiary/aromatic N) is 1. The molecule has 0 radical (unpaired) electrons. The highest BCUT2D eigenvalue weighted by Gasteiger charge is 2.48. The van der Waals surface area contributed by atoms with Gasteiger partial charge in [-0.15, -0.1) is 0 Å². The van der Waals surface area contributed by atoms with Crippen LogP contribution in [0.2, 0.25) is 5.02 Å². The molecular formula is C14H17ClN2O3. The fraction of sp³-hybridized carbons (Fsp3) is 0.429. The predicted molar refractivity (Wildman–Crippen MR) is 77.1 cm³/mol. The molecule has 1 atom stereocenters. The number of carboxylic acids is 1. The van der Waals surface area contributed by atoms with Gasteiger partial charge in [0.1, 0.15) is 5.54 Å². The first-order chi connectivity index (χ1) is 9.49. The number of rotatable bonds is 3.